The summed E-state index contributed by atoms with van der Waals surface area (Å²) in [6.45, 7) is 5.63. The Morgan fingerprint density at radius 3 is 2.81 bits per heavy atom. The molecule has 0 saturated heterocycles. The summed E-state index contributed by atoms with van der Waals surface area (Å²) < 4.78 is 7.19. The second-order valence-corrected chi connectivity index (χ2v) is 5.78. The van der Waals surface area contributed by atoms with Gasteiger partial charge in [0.15, 0.2) is 0 Å². The lowest BCUT2D eigenvalue weighted by Gasteiger charge is -2.07. The zero-order valence-corrected chi connectivity index (χ0v) is 13.5. The van der Waals surface area contributed by atoms with E-state index in [0.717, 1.165) is 37.8 Å². The van der Waals surface area contributed by atoms with Gasteiger partial charge in [-0.3, -0.25) is 0 Å². The predicted molar refractivity (Wildman–Crippen MR) is 87.5 cm³/mol. The second kappa shape index (κ2) is 8.87. The number of nitrogens with zero attached hydrogens (tertiary/aromatic N) is 2. The Hall–Kier alpha value is -1.30. The smallest absolute Gasteiger partial charge is 0.119 e. The highest BCUT2D eigenvalue weighted by Crippen LogP contribution is 2.22. The molecule has 21 heavy (non-hydrogen) atoms. The van der Waals surface area contributed by atoms with Crippen LogP contribution < -0.4 is 5.32 Å². The molecule has 114 valence electrons. The fourth-order valence-corrected chi connectivity index (χ4v) is 2.89. The molecular weight excluding hydrogens is 282 g/mol. The van der Waals surface area contributed by atoms with Gasteiger partial charge >= 0.3 is 0 Å². The molecule has 2 aromatic rings. The van der Waals surface area contributed by atoms with Crippen LogP contribution in [0.25, 0.3) is 0 Å². The lowest BCUT2D eigenvalue weighted by Crippen LogP contribution is -2.18. The molecule has 1 N–H and O–H groups in total. The van der Waals surface area contributed by atoms with Crippen molar-refractivity contribution in [3.8, 4) is 0 Å². The summed E-state index contributed by atoms with van der Waals surface area (Å²) in [4.78, 5) is 5.68. The van der Waals surface area contributed by atoms with Crippen LogP contribution in [0.15, 0.2) is 41.6 Å². The van der Waals surface area contributed by atoms with Gasteiger partial charge < -0.3 is 14.6 Å². The van der Waals surface area contributed by atoms with E-state index in [4.69, 9.17) is 4.74 Å². The van der Waals surface area contributed by atoms with E-state index in [1.165, 1.54) is 10.5 Å². The van der Waals surface area contributed by atoms with Gasteiger partial charge in [0, 0.05) is 44.0 Å². The van der Waals surface area contributed by atoms with Crippen LogP contribution in [0.4, 0.5) is 0 Å². The minimum atomic E-state index is 0.748. The van der Waals surface area contributed by atoms with E-state index in [-0.39, 0.29) is 0 Å². The molecule has 0 amide bonds. The molecule has 1 aromatic carbocycles. The van der Waals surface area contributed by atoms with E-state index in [0.29, 0.717) is 0 Å². The van der Waals surface area contributed by atoms with Crippen molar-refractivity contribution in [1.82, 2.24) is 14.9 Å². The molecule has 1 heterocycles. The third-order valence-electron chi connectivity index (χ3n) is 3.25. The Kier molecular flexibility index (Phi) is 6.79. The van der Waals surface area contributed by atoms with Crippen LogP contribution in [0.2, 0.25) is 0 Å². The van der Waals surface area contributed by atoms with Gasteiger partial charge in [-0.15, -0.1) is 11.8 Å². The van der Waals surface area contributed by atoms with E-state index < -0.39 is 0 Å². The third kappa shape index (κ3) is 5.19. The lowest BCUT2D eigenvalue weighted by molar-refractivity contribution is 0.199. The molecule has 0 spiro atoms. The number of nitrogens with one attached hydrogen (secondary N) is 1. The molecule has 0 aliphatic rings. The molecule has 2 rings (SSSR count). The number of hydrogen-bond donors (Lipinski definition) is 1. The summed E-state index contributed by atoms with van der Waals surface area (Å²) >= 11 is 1.82. The number of methoxy groups -OCH3 is 1. The minimum Gasteiger partial charge on any atom is -0.383 e. The van der Waals surface area contributed by atoms with Gasteiger partial charge in [0.2, 0.25) is 0 Å². The molecule has 0 bridgehead atoms. The molecular formula is C16H23N3OS. The van der Waals surface area contributed by atoms with Crippen molar-refractivity contribution < 1.29 is 4.74 Å². The first kappa shape index (κ1) is 16.1. The molecule has 0 atom stereocenters. The zero-order valence-electron chi connectivity index (χ0n) is 12.7. The average molecular weight is 305 g/mol. The van der Waals surface area contributed by atoms with Crippen LogP contribution >= 0.6 is 11.8 Å². The van der Waals surface area contributed by atoms with Crippen LogP contribution in [0, 0.1) is 0 Å². The van der Waals surface area contributed by atoms with Gasteiger partial charge in [0.1, 0.15) is 5.82 Å². The van der Waals surface area contributed by atoms with Gasteiger partial charge in [-0.05, 0) is 24.6 Å². The van der Waals surface area contributed by atoms with Crippen LogP contribution in [0.5, 0.6) is 0 Å². The molecule has 4 nitrogen and oxygen atoms in total. The number of aryl methyl sites for hydroxylation is 1. The average Bonchev–Trinajstić information content (AvgIpc) is 2.98. The van der Waals surface area contributed by atoms with Crippen molar-refractivity contribution in [2.75, 3.05) is 20.3 Å². The Morgan fingerprint density at radius 1 is 1.29 bits per heavy atom. The van der Waals surface area contributed by atoms with Crippen LogP contribution in [-0.4, -0.2) is 29.8 Å². The first-order valence-electron chi connectivity index (χ1n) is 7.25. The molecule has 1 aromatic heterocycles. The van der Waals surface area contributed by atoms with Crippen LogP contribution in [0.3, 0.4) is 0 Å². The maximum absolute atomic E-state index is 5.01. The number of aromatic nitrogens is 2. The van der Waals surface area contributed by atoms with Crippen molar-refractivity contribution in [2.24, 2.45) is 0 Å². The molecule has 0 unspecified atom stereocenters. The minimum absolute atomic E-state index is 0.748. The summed E-state index contributed by atoms with van der Waals surface area (Å²) in [5.74, 6) is 2.04. The Balaban J connectivity index is 1.79. The number of hydrogen-bond acceptors (Lipinski definition) is 4. The molecule has 0 saturated carbocycles. The van der Waals surface area contributed by atoms with Crippen molar-refractivity contribution in [1.29, 1.82) is 0 Å². The standard InChI is InChI=1S/C16H23N3OS/c1-3-19-10-8-18-16(19)13-21-15-6-4-14(5-7-15)12-17-9-11-20-2/h4-8,10,17H,3,9,11-13H2,1-2H3. The van der Waals surface area contributed by atoms with Crippen molar-refractivity contribution >= 4 is 11.8 Å². The molecule has 0 radical (unpaired) electrons. The Morgan fingerprint density at radius 2 is 2.10 bits per heavy atom. The molecule has 0 aliphatic carbocycles. The van der Waals surface area contributed by atoms with E-state index in [1.54, 1.807) is 7.11 Å². The number of rotatable bonds is 9. The topological polar surface area (TPSA) is 39.1 Å². The second-order valence-electron chi connectivity index (χ2n) is 4.73. The maximum Gasteiger partial charge on any atom is 0.119 e. The van der Waals surface area contributed by atoms with Crippen LogP contribution in [0.1, 0.15) is 18.3 Å². The summed E-state index contributed by atoms with van der Waals surface area (Å²) in [6.07, 6.45) is 3.90. The predicted octanol–water partition coefficient (Wildman–Crippen LogP) is 2.93. The monoisotopic (exact) mass is 305 g/mol. The number of benzene rings is 1. The zero-order chi connectivity index (χ0) is 14.9. The van der Waals surface area contributed by atoms with Crippen molar-refractivity contribution in [3.05, 3.63) is 48.0 Å². The van der Waals surface area contributed by atoms with Gasteiger partial charge in [0.25, 0.3) is 0 Å². The summed E-state index contributed by atoms with van der Waals surface area (Å²) in [7, 11) is 1.72. The fourth-order valence-electron chi connectivity index (χ4n) is 2.03. The number of ether oxygens (including phenoxy) is 1. The first-order chi connectivity index (χ1) is 10.3. The van der Waals surface area contributed by atoms with Gasteiger partial charge in [-0.25, -0.2) is 4.98 Å². The van der Waals surface area contributed by atoms with E-state index in [9.17, 15) is 0 Å². The van der Waals surface area contributed by atoms with Gasteiger partial charge in [-0.2, -0.15) is 0 Å². The highest BCUT2D eigenvalue weighted by Gasteiger charge is 2.02. The van der Waals surface area contributed by atoms with E-state index in [2.05, 4.69) is 46.1 Å². The lowest BCUT2D eigenvalue weighted by atomic mass is 10.2. The normalized spacial score (nSPS) is 11.0. The molecule has 5 heteroatoms. The highest BCUT2D eigenvalue weighted by molar-refractivity contribution is 7.98. The third-order valence-corrected chi connectivity index (χ3v) is 4.25. The van der Waals surface area contributed by atoms with Crippen molar-refractivity contribution in [2.45, 2.75) is 30.7 Å². The summed E-state index contributed by atoms with van der Waals surface area (Å²) in [6, 6.07) is 8.71. The van der Waals surface area contributed by atoms with Gasteiger partial charge in [-0.1, -0.05) is 12.1 Å². The van der Waals surface area contributed by atoms with E-state index >= 15 is 0 Å². The van der Waals surface area contributed by atoms with Crippen molar-refractivity contribution in [3.63, 3.8) is 0 Å². The highest BCUT2D eigenvalue weighted by atomic mass is 32.2. The maximum atomic E-state index is 5.01. The number of thioether (sulfide) groups is 1. The first-order valence-corrected chi connectivity index (χ1v) is 8.23. The van der Waals surface area contributed by atoms with Crippen LogP contribution in [-0.2, 0) is 23.6 Å². The Labute approximate surface area is 130 Å². The molecule has 0 aliphatic heterocycles. The van der Waals surface area contributed by atoms with E-state index in [1.807, 2.05) is 24.2 Å². The quantitative estimate of drug-likeness (QED) is 0.571. The van der Waals surface area contributed by atoms with Gasteiger partial charge in [0.05, 0.1) is 12.4 Å². The summed E-state index contributed by atoms with van der Waals surface area (Å²) in [5, 5.41) is 3.35. The summed E-state index contributed by atoms with van der Waals surface area (Å²) in [5.41, 5.74) is 1.30. The number of imidazole rings is 1. The SMILES string of the molecule is CCn1ccnc1CSc1ccc(CNCCOC)cc1. The largest absolute Gasteiger partial charge is 0.383 e. The molecule has 0 fully saturated rings. The fraction of sp³-hybridized carbons (Fsp3) is 0.438. The Bertz CT molecular complexity index is 525.